The number of hydrogen-bond donors (Lipinski definition) is 6. The Morgan fingerprint density at radius 1 is 1.26 bits per heavy atom. The van der Waals surface area contributed by atoms with E-state index in [1.807, 2.05) is 0 Å². The SMILES string of the molecule is CC(=O)OCC1=C(C(=O)O)N2C(=O)C(NC(=O)/C(=N\OCC(=O)N/N=C/c3ccc(O)c(O)c3)c3csc(N)n3)[C@H]2SC1. The number of amides is 3. The van der Waals surface area contributed by atoms with Gasteiger partial charge in [0.05, 0.1) is 6.21 Å². The number of β-lactam (4-membered cyclic amide) rings is 1. The zero-order chi connectivity index (χ0) is 31.3. The summed E-state index contributed by atoms with van der Waals surface area (Å²) in [5.74, 6) is -4.93. The van der Waals surface area contributed by atoms with Crippen molar-refractivity contribution >= 4 is 69.8 Å². The lowest BCUT2D eigenvalue weighted by Crippen LogP contribution is -2.71. The van der Waals surface area contributed by atoms with E-state index < -0.39 is 53.4 Å². The van der Waals surface area contributed by atoms with Crippen LogP contribution in [0.15, 0.2) is 45.1 Å². The van der Waals surface area contributed by atoms with Gasteiger partial charge < -0.3 is 35.9 Å². The Labute approximate surface area is 250 Å². The number of nitrogens with two attached hydrogens (primary N) is 1. The maximum atomic E-state index is 13.2. The quantitative estimate of drug-likeness (QED) is 0.0590. The summed E-state index contributed by atoms with van der Waals surface area (Å²) >= 11 is 2.17. The van der Waals surface area contributed by atoms with Gasteiger partial charge in [0.2, 0.25) is 0 Å². The molecule has 0 bridgehead atoms. The summed E-state index contributed by atoms with van der Waals surface area (Å²) < 4.78 is 4.90. The van der Waals surface area contributed by atoms with E-state index in [0.717, 1.165) is 16.2 Å². The van der Waals surface area contributed by atoms with Crippen LogP contribution in [0.25, 0.3) is 0 Å². The number of carbonyl (C=O) groups excluding carboxylic acids is 4. The fourth-order valence-electron chi connectivity index (χ4n) is 3.78. The number of oxime groups is 1. The molecule has 2 aliphatic rings. The van der Waals surface area contributed by atoms with Crippen molar-refractivity contribution in [2.45, 2.75) is 18.3 Å². The largest absolute Gasteiger partial charge is 0.504 e. The van der Waals surface area contributed by atoms with Crippen LogP contribution in [-0.4, -0.2) is 97.2 Å². The molecule has 17 nitrogen and oxygen atoms in total. The molecule has 2 aromatic rings. The number of hydrogen-bond acceptors (Lipinski definition) is 15. The second kappa shape index (κ2) is 13.2. The number of carboxylic acid groups (broad SMARTS) is 1. The Kier molecular flexibility index (Phi) is 9.46. The number of aliphatic carboxylic acids is 1. The average molecular weight is 634 g/mol. The second-order valence-electron chi connectivity index (χ2n) is 8.72. The van der Waals surface area contributed by atoms with E-state index in [2.05, 4.69) is 26.0 Å². The van der Waals surface area contributed by atoms with Crippen molar-refractivity contribution in [2.24, 2.45) is 10.3 Å². The molecule has 1 unspecified atom stereocenters. The maximum absolute atomic E-state index is 13.2. The normalized spacial score (nSPS) is 18.1. The molecule has 0 radical (unpaired) electrons. The van der Waals surface area contributed by atoms with E-state index in [1.54, 1.807) is 0 Å². The number of thioether (sulfide) groups is 1. The molecule has 1 aromatic carbocycles. The zero-order valence-corrected chi connectivity index (χ0v) is 23.7. The van der Waals surface area contributed by atoms with Crippen LogP contribution in [0.1, 0.15) is 18.2 Å². The van der Waals surface area contributed by atoms with Gasteiger partial charge in [-0.3, -0.25) is 24.1 Å². The molecular weight excluding hydrogens is 610 g/mol. The molecule has 2 aliphatic heterocycles. The zero-order valence-electron chi connectivity index (χ0n) is 22.0. The number of rotatable bonds is 11. The standard InChI is InChI=1S/C24H23N7O10S2/c1-10(32)40-6-12-8-42-22-18(21(37)31(22)19(12)23(38)39)28-20(36)17(13-9-43-24(25)27-13)30-41-7-16(35)29-26-5-11-2-3-14(33)15(34)4-11/h2-5,9,18,22,33-34H,6-8H2,1H3,(H2,25,27)(H,28,36)(H,29,35)(H,38,39)/b26-5+,30-17-/t18?,22-/m1/s1. The number of fused-ring (bicyclic) bond motifs is 1. The van der Waals surface area contributed by atoms with Crippen LogP contribution >= 0.6 is 23.1 Å². The van der Waals surface area contributed by atoms with Gasteiger partial charge in [0.1, 0.15) is 29.4 Å². The van der Waals surface area contributed by atoms with E-state index in [0.29, 0.717) is 5.56 Å². The lowest BCUT2D eigenvalue weighted by Gasteiger charge is -2.49. The summed E-state index contributed by atoms with van der Waals surface area (Å²) in [6.45, 7) is 0.198. The van der Waals surface area contributed by atoms with Crippen molar-refractivity contribution in [3.8, 4) is 11.5 Å². The van der Waals surface area contributed by atoms with Crippen molar-refractivity contribution < 1.29 is 48.9 Å². The number of phenols is 2. The second-order valence-corrected chi connectivity index (χ2v) is 10.7. The molecule has 0 spiro atoms. The van der Waals surface area contributed by atoms with Crippen LogP contribution in [0.2, 0.25) is 0 Å². The predicted molar refractivity (Wildman–Crippen MR) is 151 cm³/mol. The molecule has 226 valence electrons. The minimum atomic E-state index is -1.39. The van der Waals surface area contributed by atoms with Gasteiger partial charge in [-0.25, -0.2) is 15.2 Å². The first-order chi connectivity index (χ1) is 20.5. The van der Waals surface area contributed by atoms with Crippen LogP contribution in [0.4, 0.5) is 5.13 Å². The highest BCUT2D eigenvalue weighted by atomic mass is 32.2. The number of nitrogen functional groups attached to an aromatic ring is 1. The number of ether oxygens (including phenoxy) is 1. The van der Waals surface area contributed by atoms with Gasteiger partial charge in [0.25, 0.3) is 17.7 Å². The van der Waals surface area contributed by atoms with Crippen LogP contribution in [0.5, 0.6) is 11.5 Å². The Bertz CT molecular complexity index is 1570. The van der Waals surface area contributed by atoms with Crippen molar-refractivity contribution in [3.05, 3.63) is 46.1 Å². The Hall–Kier alpha value is -5.17. The molecular formula is C24H23N7O10S2. The van der Waals surface area contributed by atoms with Gasteiger partial charge >= 0.3 is 11.9 Å². The third kappa shape index (κ3) is 7.19. The number of carboxylic acids is 1. The van der Waals surface area contributed by atoms with Crippen LogP contribution in [-0.2, 0) is 33.5 Å². The molecule has 1 saturated heterocycles. The third-order valence-corrected chi connectivity index (χ3v) is 7.73. The van der Waals surface area contributed by atoms with Crippen molar-refractivity contribution in [2.75, 3.05) is 24.7 Å². The van der Waals surface area contributed by atoms with Crippen LogP contribution in [0, 0.1) is 0 Å². The minimum absolute atomic E-state index is 0.000260. The fourth-order valence-corrected chi connectivity index (χ4v) is 5.66. The number of aromatic nitrogens is 1. The maximum Gasteiger partial charge on any atom is 0.352 e. The number of carbonyl (C=O) groups is 5. The van der Waals surface area contributed by atoms with Crippen LogP contribution in [0.3, 0.4) is 0 Å². The molecule has 7 N–H and O–H groups in total. The number of anilines is 1. The lowest BCUT2D eigenvalue weighted by molar-refractivity contribution is -0.150. The molecule has 1 fully saturated rings. The molecule has 19 heteroatoms. The summed E-state index contributed by atoms with van der Waals surface area (Å²) in [5.41, 5.74) is 7.72. The highest BCUT2D eigenvalue weighted by molar-refractivity contribution is 8.00. The Balaban J connectivity index is 1.41. The third-order valence-electron chi connectivity index (χ3n) is 5.72. The van der Waals surface area contributed by atoms with Gasteiger partial charge in [0.15, 0.2) is 28.9 Å². The lowest BCUT2D eigenvalue weighted by atomic mass is 10.0. The van der Waals surface area contributed by atoms with E-state index in [9.17, 15) is 39.3 Å². The highest BCUT2D eigenvalue weighted by Crippen LogP contribution is 2.40. The number of nitrogens with zero attached hydrogens (tertiary/aromatic N) is 4. The summed E-state index contributed by atoms with van der Waals surface area (Å²) in [7, 11) is 0. The number of nitrogens with one attached hydrogen (secondary N) is 2. The van der Waals surface area contributed by atoms with E-state index in [4.69, 9.17) is 15.3 Å². The molecule has 1 aromatic heterocycles. The Morgan fingerprint density at radius 2 is 2.02 bits per heavy atom. The topological polar surface area (TPSA) is 255 Å². The van der Waals surface area contributed by atoms with E-state index >= 15 is 0 Å². The summed E-state index contributed by atoms with van der Waals surface area (Å²) in [4.78, 5) is 71.3. The number of esters is 1. The highest BCUT2D eigenvalue weighted by Gasteiger charge is 2.54. The summed E-state index contributed by atoms with van der Waals surface area (Å²) in [6.07, 6.45) is 1.20. The molecule has 0 saturated carbocycles. The number of hydrazone groups is 1. The van der Waals surface area contributed by atoms with Gasteiger partial charge in [0, 0.05) is 23.6 Å². The number of phenolic OH excluding ortho intramolecular Hbond substituents is 2. The predicted octanol–water partition coefficient (Wildman–Crippen LogP) is -0.691. The number of thiazole rings is 1. The summed E-state index contributed by atoms with van der Waals surface area (Å²) in [5, 5.41) is 39.2. The van der Waals surface area contributed by atoms with Crippen LogP contribution < -0.4 is 16.5 Å². The van der Waals surface area contributed by atoms with E-state index in [-0.39, 0.29) is 46.0 Å². The fraction of sp³-hybridized carbons (Fsp3) is 0.250. The van der Waals surface area contributed by atoms with E-state index in [1.165, 1.54) is 48.5 Å². The smallest absolute Gasteiger partial charge is 0.352 e. The summed E-state index contributed by atoms with van der Waals surface area (Å²) in [6, 6.07) is 2.77. The van der Waals surface area contributed by atoms with Crippen molar-refractivity contribution in [1.82, 2.24) is 20.6 Å². The first-order valence-electron chi connectivity index (χ1n) is 12.1. The monoisotopic (exact) mass is 633 g/mol. The van der Waals surface area contributed by atoms with Gasteiger partial charge in [-0.2, -0.15) is 5.10 Å². The molecule has 2 atom stereocenters. The first kappa shape index (κ1) is 30.8. The molecule has 3 amide bonds. The molecule has 3 heterocycles. The minimum Gasteiger partial charge on any atom is -0.504 e. The average Bonchev–Trinajstić information content (AvgIpc) is 3.39. The number of benzene rings is 1. The molecule has 43 heavy (non-hydrogen) atoms. The first-order valence-corrected chi connectivity index (χ1v) is 14.0. The van der Waals surface area contributed by atoms with Gasteiger partial charge in [-0.15, -0.1) is 23.1 Å². The van der Waals surface area contributed by atoms with Gasteiger partial charge in [-0.1, -0.05) is 5.16 Å². The molecule has 4 rings (SSSR count). The van der Waals surface area contributed by atoms with Gasteiger partial charge in [-0.05, 0) is 23.8 Å². The van der Waals surface area contributed by atoms with Crippen molar-refractivity contribution in [3.63, 3.8) is 0 Å². The molecule has 0 aliphatic carbocycles. The number of aromatic hydroxyl groups is 2. The van der Waals surface area contributed by atoms with Crippen molar-refractivity contribution in [1.29, 1.82) is 0 Å². The Morgan fingerprint density at radius 3 is 2.67 bits per heavy atom.